The molecule has 0 spiro atoms. The maximum atomic E-state index is 3.93. The molecule has 0 aromatic heterocycles. The van der Waals surface area contributed by atoms with E-state index in [4.69, 9.17) is 0 Å². The fourth-order valence-corrected chi connectivity index (χ4v) is 4.60. The predicted molar refractivity (Wildman–Crippen MR) is 86.9 cm³/mol. The van der Waals surface area contributed by atoms with Gasteiger partial charge in [-0.25, -0.2) is 0 Å². The first-order valence-electron chi connectivity index (χ1n) is 8.08. The molecule has 2 nitrogen and oxygen atoms in total. The van der Waals surface area contributed by atoms with Crippen LogP contribution in [0.15, 0.2) is 0 Å². The Hall–Kier alpha value is 0.270. The van der Waals surface area contributed by atoms with E-state index < -0.39 is 0 Å². The van der Waals surface area contributed by atoms with E-state index in [1.54, 1.807) is 0 Å². The van der Waals surface area contributed by atoms with Crippen LogP contribution in [0.4, 0.5) is 0 Å². The summed E-state index contributed by atoms with van der Waals surface area (Å²) >= 11 is 1.97. The summed E-state index contributed by atoms with van der Waals surface area (Å²) in [6.07, 6.45) is 6.55. The third-order valence-corrected chi connectivity index (χ3v) is 5.89. The largest absolute Gasteiger partial charge is 0.313 e. The molecule has 3 unspecified atom stereocenters. The van der Waals surface area contributed by atoms with Gasteiger partial charge in [-0.1, -0.05) is 13.3 Å². The summed E-state index contributed by atoms with van der Waals surface area (Å²) in [5.41, 5.74) is 0. The monoisotopic (exact) mass is 284 g/mol. The second kappa shape index (κ2) is 7.33. The summed E-state index contributed by atoms with van der Waals surface area (Å²) in [6, 6.07) is 1.52. The van der Waals surface area contributed by atoms with Gasteiger partial charge in [0.1, 0.15) is 0 Å². The molecule has 1 saturated carbocycles. The molecule has 0 aromatic carbocycles. The maximum Gasteiger partial charge on any atom is 0.0148 e. The van der Waals surface area contributed by atoms with Crippen molar-refractivity contribution in [3.8, 4) is 0 Å². The van der Waals surface area contributed by atoms with Gasteiger partial charge in [-0.05, 0) is 63.0 Å². The molecule has 3 atom stereocenters. The van der Waals surface area contributed by atoms with Crippen LogP contribution in [0.3, 0.4) is 0 Å². The minimum absolute atomic E-state index is 0.722. The molecule has 3 heteroatoms. The van der Waals surface area contributed by atoms with Crippen LogP contribution >= 0.6 is 11.8 Å². The van der Waals surface area contributed by atoms with Crippen LogP contribution in [-0.4, -0.2) is 48.6 Å². The van der Waals surface area contributed by atoms with Crippen molar-refractivity contribution < 1.29 is 0 Å². The van der Waals surface area contributed by atoms with Crippen molar-refractivity contribution in [2.24, 2.45) is 17.8 Å². The topological polar surface area (TPSA) is 15.3 Å². The van der Waals surface area contributed by atoms with Gasteiger partial charge in [-0.2, -0.15) is 11.8 Å². The molecule has 1 heterocycles. The van der Waals surface area contributed by atoms with Gasteiger partial charge in [0.2, 0.25) is 0 Å². The Morgan fingerprint density at radius 3 is 2.32 bits per heavy atom. The quantitative estimate of drug-likeness (QED) is 0.807. The van der Waals surface area contributed by atoms with Crippen molar-refractivity contribution in [3.63, 3.8) is 0 Å². The van der Waals surface area contributed by atoms with E-state index in [0.29, 0.717) is 0 Å². The van der Waals surface area contributed by atoms with Gasteiger partial charge in [-0.3, -0.25) is 0 Å². The first-order valence-corrected chi connectivity index (χ1v) is 9.47. The second-order valence-electron chi connectivity index (χ2n) is 6.99. The molecule has 112 valence electrons. The lowest BCUT2D eigenvalue weighted by atomic mass is 9.73. The molecule has 1 aliphatic heterocycles. The summed E-state index contributed by atoms with van der Waals surface area (Å²) in [6.45, 7) is 10.9. The molecule has 2 rings (SSSR count). The Morgan fingerprint density at radius 2 is 1.79 bits per heavy atom. The minimum Gasteiger partial charge on any atom is -0.313 e. The molecule has 2 aliphatic rings. The zero-order valence-electron chi connectivity index (χ0n) is 13.2. The van der Waals surface area contributed by atoms with E-state index >= 15 is 0 Å². The highest BCUT2D eigenvalue weighted by Crippen LogP contribution is 2.35. The van der Waals surface area contributed by atoms with Crippen LogP contribution in [0.25, 0.3) is 0 Å². The van der Waals surface area contributed by atoms with Gasteiger partial charge in [0.15, 0.2) is 0 Å². The third-order valence-electron chi connectivity index (χ3n) is 4.99. The van der Waals surface area contributed by atoms with Crippen LogP contribution in [0.2, 0.25) is 0 Å². The van der Waals surface area contributed by atoms with E-state index in [1.165, 1.54) is 44.6 Å². The molecule has 1 N–H and O–H groups in total. The number of hydrogen-bond donors (Lipinski definition) is 1. The molecule has 19 heavy (non-hydrogen) atoms. The second-order valence-corrected chi connectivity index (χ2v) is 7.90. The Labute approximate surface area is 124 Å². The number of fused-ring (bicyclic) bond motifs is 2. The van der Waals surface area contributed by atoms with Crippen LogP contribution in [0, 0.1) is 17.8 Å². The number of nitrogens with zero attached hydrogens (tertiary/aromatic N) is 1. The van der Waals surface area contributed by atoms with Crippen molar-refractivity contribution in [2.75, 3.05) is 31.6 Å². The summed E-state index contributed by atoms with van der Waals surface area (Å²) in [4.78, 5) is 2.71. The van der Waals surface area contributed by atoms with E-state index in [-0.39, 0.29) is 0 Å². The van der Waals surface area contributed by atoms with E-state index in [0.717, 1.165) is 29.8 Å². The van der Waals surface area contributed by atoms with Crippen molar-refractivity contribution in [2.45, 2.75) is 52.1 Å². The number of hydrogen-bond acceptors (Lipinski definition) is 3. The molecular formula is C16H32N2S. The Bertz CT molecular complexity index is 255. The van der Waals surface area contributed by atoms with Gasteiger partial charge in [0.05, 0.1) is 0 Å². The van der Waals surface area contributed by atoms with Gasteiger partial charge < -0.3 is 10.2 Å². The lowest BCUT2D eigenvalue weighted by molar-refractivity contribution is 0.0287. The maximum absolute atomic E-state index is 3.93. The third kappa shape index (κ3) is 4.12. The molecule has 1 aliphatic carbocycles. The van der Waals surface area contributed by atoms with E-state index in [9.17, 15) is 0 Å². The van der Waals surface area contributed by atoms with Gasteiger partial charge in [0.25, 0.3) is 0 Å². The fourth-order valence-electron chi connectivity index (χ4n) is 3.91. The van der Waals surface area contributed by atoms with Crippen molar-refractivity contribution in [1.29, 1.82) is 0 Å². The normalized spacial score (nSPS) is 33.6. The van der Waals surface area contributed by atoms with Crippen LogP contribution in [0.5, 0.6) is 0 Å². The van der Waals surface area contributed by atoms with Gasteiger partial charge in [0, 0.05) is 25.2 Å². The van der Waals surface area contributed by atoms with Crippen molar-refractivity contribution in [1.82, 2.24) is 10.2 Å². The predicted octanol–water partition coefficient (Wildman–Crippen LogP) is 3.08. The number of rotatable bonds is 6. The zero-order chi connectivity index (χ0) is 13.8. The molecule has 2 fully saturated rings. The first-order chi connectivity index (χ1) is 9.11. The van der Waals surface area contributed by atoms with Crippen LogP contribution in [0.1, 0.15) is 40.0 Å². The Balaban J connectivity index is 1.87. The smallest absolute Gasteiger partial charge is 0.0148 e. The summed E-state index contributed by atoms with van der Waals surface area (Å²) in [7, 11) is 0. The van der Waals surface area contributed by atoms with E-state index in [1.807, 2.05) is 11.8 Å². The van der Waals surface area contributed by atoms with Crippen LogP contribution < -0.4 is 5.32 Å². The molecular weight excluding hydrogens is 252 g/mol. The van der Waals surface area contributed by atoms with E-state index in [2.05, 4.69) is 37.2 Å². The average molecular weight is 285 g/mol. The Kier molecular flexibility index (Phi) is 6.04. The summed E-state index contributed by atoms with van der Waals surface area (Å²) in [5.74, 6) is 3.89. The standard InChI is InChI=1S/C16H32N2S/c1-12(2)18-9-14-6-5-7-15(10-18)16(14)17-8-13(3)11-19-4/h12-17H,5-11H2,1-4H3. The van der Waals surface area contributed by atoms with Crippen molar-refractivity contribution >= 4 is 11.8 Å². The summed E-state index contributed by atoms with van der Waals surface area (Å²) in [5, 5.41) is 3.93. The minimum atomic E-state index is 0.722. The number of thioether (sulfide) groups is 1. The number of nitrogens with one attached hydrogen (secondary N) is 1. The Morgan fingerprint density at radius 1 is 1.16 bits per heavy atom. The first kappa shape index (κ1) is 15.7. The average Bonchev–Trinajstić information content (AvgIpc) is 2.35. The number of likely N-dealkylation sites (tertiary alicyclic amines) is 1. The molecule has 1 saturated heterocycles. The lowest BCUT2D eigenvalue weighted by Gasteiger charge is -2.49. The van der Waals surface area contributed by atoms with Gasteiger partial charge >= 0.3 is 0 Å². The zero-order valence-corrected chi connectivity index (χ0v) is 14.0. The highest BCUT2D eigenvalue weighted by molar-refractivity contribution is 7.98. The molecule has 0 radical (unpaired) electrons. The molecule has 0 aromatic rings. The highest BCUT2D eigenvalue weighted by Gasteiger charge is 2.39. The van der Waals surface area contributed by atoms with Gasteiger partial charge in [-0.15, -0.1) is 0 Å². The molecule has 2 bridgehead atoms. The highest BCUT2D eigenvalue weighted by atomic mass is 32.2. The lowest BCUT2D eigenvalue weighted by Crippen LogP contribution is -2.58. The summed E-state index contributed by atoms with van der Waals surface area (Å²) < 4.78 is 0. The van der Waals surface area contributed by atoms with Crippen LogP contribution in [-0.2, 0) is 0 Å². The van der Waals surface area contributed by atoms with Crippen molar-refractivity contribution in [3.05, 3.63) is 0 Å². The fraction of sp³-hybridized carbons (Fsp3) is 1.00. The molecule has 0 amide bonds. The SMILES string of the molecule is CSCC(C)CNC1C2CCCC1CN(C(C)C)C2. The number of piperidine rings is 1.